The van der Waals surface area contributed by atoms with Crippen molar-refractivity contribution in [1.82, 2.24) is 4.98 Å². The third-order valence-corrected chi connectivity index (χ3v) is 3.15. The summed E-state index contributed by atoms with van der Waals surface area (Å²) >= 11 is 6.04. The predicted octanol–water partition coefficient (Wildman–Crippen LogP) is 4.45. The zero-order valence-corrected chi connectivity index (χ0v) is 11.8. The number of benzene rings is 1. The molecule has 2 rings (SSSR count). The van der Waals surface area contributed by atoms with Crippen molar-refractivity contribution >= 4 is 23.4 Å². The second kappa shape index (κ2) is 6.23. The Morgan fingerprint density at radius 1 is 1.23 bits per heavy atom. The number of nitrogens with zero attached hydrogens (tertiary/aromatic N) is 2. The van der Waals surface area contributed by atoms with Crippen molar-refractivity contribution in [3.05, 3.63) is 47.7 Å². The van der Waals surface area contributed by atoms with Crippen molar-refractivity contribution in [3.8, 4) is 11.1 Å². The number of amides is 1. The van der Waals surface area contributed by atoms with Gasteiger partial charge in [0.2, 0.25) is 0 Å². The molecule has 0 aliphatic carbocycles. The average Bonchev–Trinajstić information content (AvgIpc) is 2.44. The monoisotopic (exact) mass is 330 g/mol. The topological polar surface area (TPSA) is 53.4 Å². The maximum absolute atomic E-state index is 12.6. The predicted molar refractivity (Wildman–Crippen MR) is 76.1 cm³/mol. The van der Waals surface area contributed by atoms with Crippen LogP contribution in [-0.4, -0.2) is 28.9 Å². The molecule has 0 fully saturated rings. The van der Waals surface area contributed by atoms with Gasteiger partial charge in [0, 0.05) is 22.3 Å². The Kier molecular flexibility index (Phi) is 4.56. The Bertz CT molecular complexity index is 692. The van der Waals surface area contributed by atoms with E-state index in [0.717, 1.165) is 6.20 Å². The van der Waals surface area contributed by atoms with Crippen molar-refractivity contribution in [2.45, 2.75) is 6.18 Å². The molecule has 0 saturated carbocycles. The molecular weight excluding hydrogens is 321 g/mol. The molecule has 0 unspecified atom stereocenters. The Balaban J connectivity index is 2.56. The summed E-state index contributed by atoms with van der Waals surface area (Å²) in [5.41, 5.74) is 0.502. The van der Waals surface area contributed by atoms with Crippen LogP contribution in [0.1, 0.15) is 0 Å². The van der Waals surface area contributed by atoms with Gasteiger partial charge in [0.05, 0.1) is 11.9 Å². The number of rotatable bonds is 3. The van der Waals surface area contributed by atoms with Crippen LogP contribution in [0, 0.1) is 0 Å². The van der Waals surface area contributed by atoms with Crippen molar-refractivity contribution < 1.29 is 23.1 Å². The fraction of sp³-hybridized carbons (Fsp3) is 0.143. The van der Waals surface area contributed by atoms with Crippen molar-refractivity contribution in [2.75, 3.05) is 11.4 Å². The van der Waals surface area contributed by atoms with E-state index in [0.29, 0.717) is 10.6 Å². The molecule has 0 radical (unpaired) electrons. The normalized spacial score (nSPS) is 11.3. The molecule has 1 N–H and O–H groups in total. The summed E-state index contributed by atoms with van der Waals surface area (Å²) < 4.78 is 37.8. The van der Waals surface area contributed by atoms with Crippen LogP contribution in [0.3, 0.4) is 0 Å². The molecule has 0 atom stereocenters. The zero-order valence-electron chi connectivity index (χ0n) is 11.0. The van der Waals surface area contributed by atoms with Crippen LogP contribution < -0.4 is 4.90 Å². The zero-order chi connectivity index (χ0) is 16.3. The first-order valence-corrected chi connectivity index (χ1v) is 6.43. The molecule has 4 nitrogen and oxygen atoms in total. The lowest BCUT2D eigenvalue weighted by molar-refractivity contribution is -0.119. The maximum atomic E-state index is 12.6. The first-order chi connectivity index (χ1) is 10.3. The van der Waals surface area contributed by atoms with Gasteiger partial charge in [-0.25, -0.2) is 4.79 Å². The Hall–Kier alpha value is -2.28. The van der Waals surface area contributed by atoms with Crippen LogP contribution in [0.25, 0.3) is 11.1 Å². The van der Waals surface area contributed by atoms with E-state index >= 15 is 0 Å². The van der Waals surface area contributed by atoms with E-state index in [-0.39, 0.29) is 16.2 Å². The number of carbonyl (C=O) groups is 1. The molecule has 0 aliphatic heterocycles. The Morgan fingerprint density at radius 2 is 1.91 bits per heavy atom. The number of alkyl halides is 3. The highest BCUT2D eigenvalue weighted by Crippen LogP contribution is 2.35. The fourth-order valence-corrected chi connectivity index (χ4v) is 2.18. The number of pyridine rings is 1. The van der Waals surface area contributed by atoms with Crippen LogP contribution >= 0.6 is 11.6 Å². The van der Waals surface area contributed by atoms with Crippen LogP contribution in [-0.2, 0) is 0 Å². The van der Waals surface area contributed by atoms with Gasteiger partial charge in [0.25, 0.3) is 0 Å². The van der Waals surface area contributed by atoms with Gasteiger partial charge in [0.1, 0.15) is 6.54 Å². The van der Waals surface area contributed by atoms with Gasteiger partial charge in [-0.2, -0.15) is 13.2 Å². The number of hydrogen-bond acceptors (Lipinski definition) is 2. The van der Waals surface area contributed by atoms with Crippen LogP contribution in [0.2, 0.25) is 5.02 Å². The van der Waals surface area contributed by atoms with Crippen molar-refractivity contribution in [3.63, 3.8) is 0 Å². The first kappa shape index (κ1) is 16.1. The standard InChI is InChI=1S/C14H10ClF3N2O2/c15-11-4-2-1-3-9(11)10-5-6-19-7-12(10)20(13(21)22)8-14(16,17)18/h1-7H,8H2,(H,21,22). The minimum Gasteiger partial charge on any atom is -0.465 e. The summed E-state index contributed by atoms with van der Waals surface area (Å²) in [6.07, 6.45) is -3.97. The highest BCUT2D eigenvalue weighted by atomic mass is 35.5. The van der Waals surface area contributed by atoms with Gasteiger partial charge in [-0.05, 0) is 12.1 Å². The lowest BCUT2D eigenvalue weighted by atomic mass is 10.0. The fourth-order valence-electron chi connectivity index (χ4n) is 1.94. The quantitative estimate of drug-likeness (QED) is 0.904. The first-order valence-electron chi connectivity index (χ1n) is 6.06. The molecule has 1 amide bonds. The van der Waals surface area contributed by atoms with Gasteiger partial charge in [0.15, 0.2) is 0 Å². The third kappa shape index (κ3) is 3.67. The lowest BCUT2D eigenvalue weighted by Gasteiger charge is -2.23. The summed E-state index contributed by atoms with van der Waals surface area (Å²) in [6, 6.07) is 7.89. The number of aromatic nitrogens is 1. The van der Waals surface area contributed by atoms with E-state index in [9.17, 15) is 18.0 Å². The van der Waals surface area contributed by atoms with Crippen LogP contribution in [0.4, 0.5) is 23.7 Å². The smallest absolute Gasteiger partial charge is 0.412 e. The molecule has 8 heteroatoms. The average molecular weight is 331 g/mol. The highest BCUT2D eigenvalue weighted by molar-refractivity contribution is 6.33. The van der Waals surface area contributed by atoms with Crippen LogP contribution in [0.5, 0.6) is 0 Å². The SMILES string of the molecule is O=C(O)N(CC(F)(F)F)c1cnccc1-c1ccccc1Cl. The summed E-state index contributed by atoms with van der Waals surface area (Å²) in [4.78, 5) is 15.1. The number of halogens is 4. The molecule has 2 aromatic rings. The van der Waals surface area contributed by atoms with E-state index in [1.807, 2.05) is 0 Å². The minimum atomic E-state index is -4.67. The molecule has 116 valence electrons. The molecule has 0 spiro atoms. The molecular formula is C14H10ClF3N2O2. The minimum absolute atomic E-state index is 0.180. The molecule has 22 heavy (non-hydrogen) atoms. The van der Waals surface area contributed by atoms with E-state index in [1.165, 1.54) is 12.3 Å². The van der Waals surface area contributed by atoms with E-state index in [2.05, 4.69) is 4.98 Å². The van der Waals surface area contributed by atoms with Crippen molar-refractivity contribution in [2.24, 2.45) is 0 Å². The molecule has 0 bridgehead atoms. The largest absolute Gasteiger partial charge is 0.465 e. The summed E-state index contributed by atoms with van der Waals surface area (Å²) in [5.74, 6) is 0. The molecule has 1 heterocycles. The number of hydrogen-bond donors (Lipinski definition) is 1. The van der Waals surface area contributed by atoms with Gasteiger partial charge in [-0.3, -0.25) is 9.88 Å². The molecule has 1 aromatic heterocycles. The summed E-state index contributed by atoms with van der Waals surface area (Å²) in [7, 11) is 0. The molecule has 0 aliphatic rings. The number of carboxylic acid groups (broad SMARTS) is 1. The summed E-state index contributed by atoms with van der Waals surface area (Å²) in [6.45, 7) is -1.63. The second-order valence-electron chi connectivity index (χ2n) is 4.36. The summed E-state index contributed by atoms with van der Waals surface area (Å²) in [5, 5.41) is 9.39. The van der Waals surface area contributed by atoms with Crippen LogP contribution in [0.15, 0.2) is 42.7 Å². The highest BCUT2D eigenvalue weighted by Gasteiger charge is 2.35. The molecule has 1 aromatic carbocycles. The van der Waals surface area contributed by atoms with Crippen molar-refractivity contribution in [1.29, 1.82) is 0 Å². The second-order valence-corrected chi connectivity index (χ2v) is 4.76. The Labute approximate surface area is 128 Å². The maximum Gasteiger partial charge on any atom is 0.412 e. The van der Waals surface area contributed by atoms with Gasteiger partial charge in [-0.15, -0.1) is 0 Å². The van der Waals surface area contributed by atoms with Gasteiger partial charge >= 0.3 is 12.3 Å². The van der Waals surface area contributed by atoms with E-state index in [1.54, 1.807) is 24.3 Å². The third-order valence-electron chi connectivity index (χ3n) is 2.82. The van der Waals surface area contributed by atoms with E-state index < -0.39 is 18.8 Å². The Morgan fingerprint density at radius 3 is 2.50 bits per heavy atom. The van der Waals surface area contributed by atoms with Gasteiger partial charge < -0.3 is 5.11 Å². The number of anilines is 1. The lowest BCUT2D eigenvalue weighted by Crippen LogP contribution is -2.38. The molecule has 0 saturated heterocycles. The van der Waals surface area contributed by atoms with E-state index in [4.69, 9.17) is 16.7 Å². The van der Waals surface area contributed by atoms with Gasteiger partial charge in [-0.1, -0.05) is 29.8 Å².